The number of hydrogen-bond donors (Lipinski definition) is 2. The third kappa shape index (κ3) is 4.39. The van der Waals surface area contributed by atoms with E-state index in [1.54, 1.807) is 18.2 Å². The van der Waals surface area contributed by atoms with Crippen LogP contribution < -0.4 is 10.6 Å². The van der Waals surface area contributed by atoms with Crippen LogP contribution in [0, 0.1) is 5.41 Å². The Hall–Kier alpha value is -0.930. The minimum Gasteiger partial charge on any atom is -0.335 e. The lowest BCUT2D eigenvalue weighted by Gasteiger charge is -2.28. The van der Waals surface area contributed by atoms with E-state index in [1.807, 2.05) is 6.92 Å². The van der Waals surface area contributed by atoms with Gasteiger partial charge in [-0.15, -0.1) is 0 Å². The highest BCUT2D eigenvalue weighted by Gasteiger charge is 2.21. The lowest BCUT2D eigenvalue weighted by Crippen LogP contribution is -2.43. The average Bonchev–Trinajstić information content (AvgIpc) is 2.22. The Kier molecular flexibility index (Phi) is 4.88. The molecule has 0 fully saturated rings. The Morgan fingerprint density at radius 1 is 1.22 bits per heavy atom. The largest absolute Gasteiger partial charge is 0.335 e. The van der Waals surface area contributed by atoms with Crippen molar-refractivity contribution in [3.8, 4) is 0 Å². The average molecular weight is 289 g/mol. The number of halogens is 2. The highest BCUT2D eigenvalue weighted by atomic mass is 35.5. The van der Waals surface area contributed by atoms with Gasteiger partial charge in [0.05, 0.1) is 10.0 Å². The molecule has 0 unspecified atom stereocenters. The van der Waals surface area contributed by atoms with Gasteiger partial charge in [0, 0.05) is 11.7 Å². The van der Waals surface area contributed by atoms with Crippen LogP contribution in [-0.4, -0.2) is 12.1 Å². The zero-order chi connectivity index (χ0) is 13.9. The van der Waals surface area contributed by atoms with Crippen molar-refractivity contribution >= 4 is 34.9 Å². The number of amides is 2. The second kappa shape index (κ2) is 5.81. The fourth-order valence-electron chi connectivity index (χ4n) is 1.15. The Morgan fingerprint density at radius 2 is 1.83 bits per heavy atom. The third-order valence-corrected chi connectivity index (χ3v) is 3.56. The van der Waals surface area contributed by atoms with Crippen LogP contribution in [0.15, 0.2) is 18.2 Å². The summed E-state index contributed by atoms with van der Waals surface area (Å²) in [6.45, 7) is 8.17. The zero-order valence-corrected chi connectivity index (χ0v) is 12.5. The van der Waals surface area contributed by atoms with Crippen LogP contribution in [0.1, 0.15) is 27.7 Å². The lowest BCUT2D eigenvalue weighted by molar-refractivity contribution is 0.233. The van der Waals surface area contributed by atoms with Gasteiger partial charge in [0.2, 0.25) is 0 Å². The van der Waals surface area contributed by atoms with E-state index in [4.69, 9.17) is 23.2 Å². The molecule has 0 spiro atoms. The molecular weight excluding hydrogens is 271 g/mol. The number of rotatable bonds is 2. The summed E-state index contributed by atoms with van der Waals surface area (Å²) < 4.78 is 0. The van der Waals surface area contributed by atoms with Crippen molar-refractivity contribution in [2.24, 2.45) is 5.41 Å². The number of carbonyl (C=O) groups is 1. The van der Waals surface area contributed by atoms with Crippen molar-refractivity contribution < 1.29 is 4.79 Å². The Morgan fingerprint density at radius 3 is 2.33 bits per heavy atom. The molecule has 0 saturated carbocycles. The molecule has 2 amide bonds. The number of benzene rings is 1. The fraction of sp³-hybridized carbons (Fsp3) is 0.462. The molecule has 2 N–H and O–H groups in total. The van der Waals surface area contributed by atoms with Crippen LogP contribution in [0.4, 0.5) is 10.5 Å². The summed E-state index contributed by atoms with van der Waals surface area (Å²) in [7, 11) is 0. The first-order chi connectivity index (χ1) is 8.20. The summed E-state index contributed by atoms with van der Waals surface area (Å²) in [4.78, 5) is 11.8. The van der Waals surface area contributed by atoms with Crippen LogP contribution in [0.5, 0.6) is 0 Å². The van der Waals surface area contributed by atoms with E-state index in [0.717, 1.165) is 0 Å². The van der Waals surface area contributed by atoms with Crippen LogP contribution in [0.3, 0.4) is 0 Å². The maximum absolute atomic E-state index is 11.8. The molecule has 1 atom stereocenters. The van der Waals surface area contributed by atoms with Gasteiger partial charge in [0.15, 0.2) is 0 Å². The number of carbonyl (C=O) groups excluding carboxylic acids is 1. The smallest absolute Gasteiger partial charge is 0.319 e. The van der Waals surface area contributed by atoms with E-state index < -0.39 is 0 Å². The number of nitrogens with one attached hydrogen (secondary N) is 2. The van der Waals surface area contributed by atoms with Gasteiger partial charge in [-0.25, -0.2) is 4.79 Å². The number of urea groups is 1. The highest BCUT2D eigenvalue weighted by Crippen LogP contribution is 2.25. The van der Waals surface area contributed by atoms with Crippen molar-refractivity contribution in [1.82, 2.24) is 5.32 Å². The maximum atomic E-state index is 11.8. The van der Waals surface area contributed by atoms with Gasteiger partial charge in [0.1, 0.15) is 0 Å². The molecule has 1 rings (SSSR count). The molecule has 5 heteroatoms. The van der Waals surface area contributed by atoms with Gasteiger partial charge in [-0.2, -0.15) is 0 Å². The van der Waals surface area contributed by atoms with Crippen molar-refractivity contribution in [3.63, 3.8) is 0 Å². The SMILES string of the molecule is C[C@@H](NC(=O)Nc1ccc(Cl)c(Cl)c1)C(C)(C)C. The fourth-order valence-corrected chi connectivity index (χ4v) is 1.45. The number of anilines is 1. The highest BCUT2D eigenvalue weighted by molar-refractivity contribution is 6.42. The van der Waals surface area contributed by atoms with Gasteiger partial charge in [-0.3, -0.25) is 0 Å². The van der Waals surface area contributed by atoms with E-state index in [9.17, 15) is 4.79 Å². The molecule has 1 aromatic rings. The third-order valence-electron chi connectivity index (χ3n) is 2.82. The quantitative estimate of drug-likeness (QED) is 0.824. The predicted molar refractivity (Wildman–Crippen MR) is 77.5 cm³/mol. The van der Waals surface area contributed by atoms with Crippen LogP contribution >= 0.6 is 23.2 Å². The summed E-state index contributed by atoms with van der Waals surface area (Å²) in [5.74, 6) is 0. The Balaban J connectivity index is 2.62. The van der Waals surface area contributed by atoms with Gasteiger partial charge in [-0.05, 0) is 30.5 Å². The van der Waals surface area contributed by atoms with Gasteiger partial charge >= 0.3 is 6.03 Å². The summed E-state index contributed by atoms with van der Waals surface area (Å²) in [6.07, 6.45) is 0. The van der Waals surface area contributed by atoms with Gasteiger partial charge in [-0.1, -0.05) is 44.0 Å². The maximum Gasteiger partial charge on any atom is 0.319 e. The van der Waals surface area contributed by atoms with Crippen LogP contribution in [-0.2, 0) is 0 Å². The van der Waals surface area contributed by atoms with Crippen molar-refractivity contribution in [3.05, 3.63) is 28.2 Å². The minimum absolute atomic E-state index is 0.00891. The first-order valence-corrected chi connectivity index (χ1v) is 6.48. The normalized spacial score (nSPS) is 13.0. The molecule has 0 aliphatic heterocycles. The van der Waals surface area contributed by atoms with E-state index in [0.29, 0.717) is 15.7 Å². The molecule has 0 heterocycles. The Bertz CT molecular complexity index is 441. The van der Waals surface area contributed by atoms with E-state index in [-0.39, 0.29) is 17.5 Å². The second-order valence-electron chi connectivity index (χ2n) is 5.32. The molecule has 1 aromatic carbocycles. The molecule has 100 valence electrons. The summed E-state index contributed by atoms with van der Waals surface area (Å²) in [5, 5.41) is 6.47. The second-order valence-corrected chi connectivity index (χ2v) is 6.13. The summed E-state index contributed by atoms with van der Waals surface area (Å²) in [5.41, 5.74) is 0.623. The van der Waals surface area contributed by atoms with E-state index >= 15 is 0 Å². The molecular formula is C13H18Cl2N2O. The number of hydrogen-bond acceptors (Lipinski definition) is 1. The molecule has 18 heavy (non-hydrogen) atoms. The van der Waals surface area contributed by atoms with Gasteiger partial charge in [0.25, 0.3) is 0 Å². The molecule has 0 aliphatic rings. The molecule has 0 aliphatic carbocycles. The molecule has 0 radical (unpaired) electrons. The summed E-state index contributed by atoms with van der Waals surface area (Å²) >= 11 is 11.7. The first-order valence-electron chi connectivity index (χ1n) is 5.72. The molecule has 0 saturated heterocycles. The minimum atomic E-state index is -0.254. The predicted octanol–water partition coefficient (Wildman–Crippen LogP) is 4.55. The van der Waals surface area contributed by atoms with Crippen molar-refractivity contribution in [1.29, 1.82) is 0 Å². The Labute approximate surface area is 118 Å². The molecule has 0 aromatic heterocycles. The van der Waals surface area contributed by atoms with Crippen molar-refractivity contribution in [2.45, 2.75) is 33.7 Å². The van der Waals surface area contributed by atoms with Crippen molar-refractivity contribution in [2.75, 3.05) is 5.32 Å². The molecule has 3 nitrogen and oxygen atoms in total. The first kappa shape index (κ1) is 15.1. The van der Waals surface area contributed by atoms with Crippen LogP contribution in [0.25, 0.3) is 0 Å². The standard InChI is InChI=1S/C13H18Cl2N2O/c1-8(13(2,3)4)16-12(18)17-9-5-6-10(14)11(15)7-9/h5-8H,1-4H3,(H2,16,17,18)/t8-/m1/s1. The van der Waals surface area contributed by atoms with E-state index in [2.05, 4.69) is 31.4 Å². The topological polar surface area (TPSA) is 41.1 Å². The molecule has 0 bridgehead atoms. The van der Waals surface area contributed by atoms with Crippen LogP contribution in [0.2, 0.25) is 10.0 Å². The zero-order valence-electron chi connectivity index (χ0n) is 11.0. The van der Waals surface area contributed by atoms with Gasteiger partial charge < -0.3 is 10.6 Å². The summed E-state index contributed by atoms with van der Waals surface area (Å²) in [6, 6.07) is 4.77. The van der Waals surface area contributed by atoms with E-state index in [1.165, 1.54) is 0 Å². The monoisotopic (exact) mass is 288 g/mol. The lowest BCUT2D eigenvalue weighted by atomic mass is 9.88.